The maximum atomic E-state index is 5.12. The lowest BCUT2D eigenvalue weighted by Gasteiger charge is -2.06. The van der Waals surface area contributed by atoms with Crippen LogP contribution in [-0.2, 0) is 0 Å². The van der Waals surface area contributed by atoms with E-state index in [0.29, 0.717) is 6.04 Å². The Morgan fingerprint density at radius 3 is 3.42 bits per heavy atom. The van der Waals surface area contributed by atoms with E-state index < -0.39 is 0 Å². The zero-order chi connectivity index (χ0) is 8.23. The van der Waals surface area contributed by atoms with E-state index in [9.17, 15) is 0 Å². The first-order chi connectivity index (χ1) is 5.95. The summed E-state index contributed by atoms with van der Waals surface area (Å²) in [5.41, 5.74) is 0. The van der Waals surface area contributed by atoms with Gasteiger partial charge in [-0.2, -0.15) is 0 Å². The van der Waals surface area contributed by atoms with Gasteiger partial charge in [0.1, 0.15) is 6.26 Å². The second-order valence-corrected chi connectivity index (χ2v) is 3.87. The summed E-state index contributed by atoms with van der Waals surface area (Å²) in [6.45, 7) is 1.16. The van der Waals surface area contributed by atoms with Crippen molar-refractivity contribution in [2.75, 3.05) is 12.3 Å². The SMILES string of the molecule is c1coc(SC[C@H]2CCCN2)n1. The van der Waals surface area contributed by atoms with E-state index in [2.05, 4.69) is 10.3 Å². The van der Waals surface area contributed by atoms with E-state index in [1.165, 1.54) is 12.8 Å². The lowest BCUT2D eigenvalue weighted by atomic mass is 10.3. The first-order valence-corrected chi connectivity index (χ1v) is 5.19. The van der Waals surface area contributed by atoms with Crippen molar-refractivity contribution in [3.05, 3.63) is 12.5 Å². The number of hydrogen-bond acceptors (Lipinski definition) is 4. The van der Waals surface area contributed by atoms with Crippen molar-refractivity contribution in [2.45, 2.75) is 24.1 Å². The smallest absolute Gasteiger partial charge is 0.255 e. The van der Waals surface area contributed by atoms with Gasteiger partial charge in [0.05, 0.1) is 6.20 Å². The molecule has 2 heterocycles. The number of oxazole rings is 1. The Kier molecular flexibility index (Phi) is 2.68. The molecule has 0 saturated carbocycles. The highest BCUT2D eigenvalue weighted by Crippen LogP contribution is 2.18. The molecule has 2 rings (SSSR count). The molecule has 1 aliphatic heterocycles. The molecule has 4 heteroatoms. The third-order valence-corrected chi connectivity index (χ3v) is 3.00. The van der Waals surface area contributed by atoms with Crippen LogP contribution >= 0.6 is 11.8 Å². The molecule has 1 N–H and O–H groups in total. The van der Waals surface area contributed by atoms with Crippen LogP contribution in [0, 0.1) is 0 Å². The molecule has 3 nitrogen and oxygen atoms in total. The fourth-order valence-corrected chi connectivity index (χ4v) is 2.24. The van der Waals surface area contributed by atoms with Gasteiger partial charge in [-0.25, -0.2) is 4.98 Å². The van der Waals surface area contributed by atoms with Crippen LogP contribution < -0.4 is 5.32 Å². The minimum Gasteiger partial charge on any atom is -0.440 e. The molecule has 1 aromatic heterocycles. The predicted molar refractivity (Wildman–Crippen MR) is 48.3 cm³/mol. The van der Waals surface area contributed by atoms with Gasteiger partial charge in [0.2, 0.25) is 0 Å². The van der Waals surface area contributed by atoms with E-state index in [1.807, 2.05) is 0 Å². The molecule has 1 aliphatic rings. The summed E-state index contributed by atoms with van der Waals surface area (Å²) in [5, 5.41) is 4.21. The number of nitrogens with one attached hydrogen (secondary N) is 1. The van der Waals surface area contributed by atoms with Gasteiger partial charge < -0.3 is 9.73 Å². The van der Waals surface area contributed by atoms with E-state index in [-0.39, 0.29) is 0 Å². The third kappa shape index (κ3) is 2.01. The Labute approximate surface area is 75.9 Å². The predicted octanol–water partition coefficient (Wildman–Crippen LogP) is 1.52. The van der Waals surface area contributed by atoms with E-state index in [0.717, 1.165) is 17.5 Å². The Bertz CT molecular complexity index is 219. The highest BCUT2D eigenvalue weighted by molar-refractivity contribution is 7.99. The minimum atomic E-state index is 0.655. The Morgan fingerprint density at radius 1 is 1.75 bits per heavy atom. The van der Waals surface area contributed by atoms with E-state index >= 15 is 0 Å². The van der Waals surface area contributed by atoms with Crippen molar-refractivity contribution < 1.29 is 4.42 Å². The molecule has 0 spiro atoms. The van der Waals surface area contributed by atoms with E-state index in [1.54, 1.807) is 24.2 Å². The van der Waals surface area contributed by atoms with Gasteiger partial charge in [-0.05, 0) is 19.4 Å². The molecule has 0 bridgehead atoms. The lowest BCUT2D eigenvalue weighted by Crippen LogP contribution is -2.23. The van der Waals surface area contributed by atoms with Crippen molar-refractivity contribution in [1.29, 1.82) is 0 Å². The molecule has 1 aromatic rings. The number of rotatable bonds is 3. The molecular formula is C8H12N2OS. The summed E-state index contributed by atoms with van der Waals surface area (Å²) in [4.78, 5) is 4.05. The average molecular weight is 184 g/mol. The Balaban J connectivity index is 1.74. The summed E-state index contributed by atoms with van der Waals surface area (Å²) in [6, 6.07) is 0.655. The quantitative estimate of drug-likeness (QED) is 0.723. The van der Waals surface area contributed by atoms with Crippen molar-refractivity contribution in [2.24, 2.45) is 0 Å². The van der Waals surface area contributed by atoms with Crippen LogP contribution in [0.25, 0.3) is 0 Å². The zero-order valence-electron chi connectivity index (χ0n) is 6.82. The largest absolute Gasteiger partial charge is 0.440 e. The normalized spacial score (nSPS) is 23.2. The van der Waals surface area contributed by atoms with Gasteiger partial charge in [-0.15, -0.1) is 0 Å². The van der Waals surface area contributed by atoms with Crippen LogP contribution in [0.4, 0.5) is 0 Å². The number of thioether (sulfide) groups is 1. The molecule has 0 aliphatic carbocycles. The molecule has 1 fully saturated rings. The van der Waals surface area contributed by atoms with Crippen LogP contribution in [0.2, 0.25) is 0 Å². The highest BCUT2D eigenvalue weighted by Gasteiger charge is 2.14. The van der Waals surface area contributed by atoms with Crippen molar-refractivity contribution in [3.8, 4) is 0 Å². The highest BCUT2D eigenvalue weighted by atomic mass is 32.2. The molecule has 1 atom stereocenters. The summed E-state index contributed by atoms with van der Waals surface area (Å²) < 4.78 is 5.12. The lowest BCUT2D eigenvalue weighted by molar-refractivity contribution is 0.453. The summed E-state index contributed by atoms with van der Waals surface area (Å²) in [7, 11) is 0. The summed E-state index contributed by atoms with van der Waals surface area (Å²) >= 11 is 1.68. The molecule has 1 saturated heterocycles. The topological polar surface area (TPSA) is 38.1 Å². The molecular weight excluding hydrogens is 172 g/mol. The first-order valence-electron chi connectivity index (χ1n) is 4.21. The molecule has 0 aromatic carbocycles. The van der Waals surface area contributed by atoms with Crippen LogP contribution in [0.15, 0.2) is 22.1 Å². The van der Waals surface area contributed by atoms with Gasteiger partial charge in [0.25, 0.3) is 5.22 Å². The first kappa shape index (κ1) is 8.13. The number of aromatic nitrogens is 1. The second-order valence-electron chi connectivity index (χ2n) is 2.90. The fraction of sp³-hybridized carbons (Fsp3) is 0.625. The number of hydrogen-bond donors (Lipinski definition) is 1. The maximum absolute atomic E-state index is 5.12. The second kappa shape index (κ2) is 3.96. The van der Waals surface area contributed by atoms with Crippen molar-refractivity contribution in [3.63, 3.8) is 0 Å². The molecule has 0 unspecified atom stereocenters. The molecule has 12 heavy (non-hydrogen) atoms. The molecule has 0 amide bonds. The van der Waals surface area contributed by atoms with Gasteiger partial charge in [-0.1, -0.05) is 11.8 Å². The standard InChI is InChI=1S/C8H12N2OS/c1-2-7(9-3-1)6-12-8-10-4-5-11-8/h4-5,7,9H,1-3,6H2/t7-/m1/s1. The zero-order valence-corrected chi connectivity index (χ0v) is 7.64. The number of nitrogens with zero attached hydrogens (tertiary/aromatic N) is 1. The van der Waals surface area contributed by atoms with Gasteiger partial charge >= 0.3 is 0 Å². The van der Waals surface area contributed by atoms with Crippen molar-refractivity contribution >= 4 is 11.8 Å². The van der Waals surface area contributed by atoms with Crippen LogP contribution in [0.1, 0.15) is 12.8 Å². The van der Waals surface area contributed by atoms with E-state index in [4.69, 9.17) is 4.42 Å². The van der Waals surface area contributed by atoms with Crippen LogP contribution in [0.3, 0.4) is 0 Å². The van der Waals surface area contributed by atoms with Gasteiger partial charge in [0, 0.05) is 11.8 Å². The van der Waals surface area contributed by atoms with Crippen LogP contribution in [0.5, 0.6) is 0 Å². The van der Waals surface area contributed by atoms with Gasteiger partial charge in [-0.3, -0.25) is 0 Å². The maximum Gasteiger partial charge on any atom is 0.255 e. The van der Waals surface area contributed by atoms with Crippen LogP contribution in [-0.4, -0.2) is 23.3 Å². The monoisotopic (exact) mass is 184 g/mol. The molecule has 0 radical (unpaired) electrons. The average Bonchev–Trinajstić information content (AvgIpc) is 2.74. The van der Waals surface area contributed by atoms with Crippen molar-refractivity contribution in [1.82, 2.24) is 10.3 Å². The Hall–Kier alpha value is -0.480. The van der Waals surface area contributed by atoms with Gasteiger partial charge in [0.15, 0.2) is 0 Å². The summed E-state index contributed by atoms with van der Waals surface area (Å²) in [6.07, 6.45) is 5.89. The fourth-order valence-electron chi connectivity index (χ4n) is 1.35. The molecule has 66 valence electrons. The Morgan fingerprint density at radius 2 is 2.75 bits per heavy atom. The minimum absolute atomic E-state index is 0.655. The summed E-state index contributed by atoms with van der Waals surface area (Å²) in [5.74, 6) is 1.07. The third-order valence-electron chi connectivity index (χ3n) is 1.98.